The summed E-state index contributed by atoms with van der Waals surface area (Å²) in [6.07, 6.45) is 4.01. The minimum Gasteiger partial charge on any atom is -0.507 e. The van der Waals surface area contributed by atoms with Gasteiger partial charge in [-0.25, -0.2) is 0 Å². The molecule has 2 aromatic carbocycles. The van der Waals surface area contributed by atoms with Crippen LogP contribution in [0.5, 0.6) is 5.75 Å². The molecule has 1 nitrogen and oxygen atoms in total. The number of aromatic hydroxyl groups is 1. The van der Waals surface area contributed by atoms with Gasteiger partial charge in [0.2, 0.25) is 0 Å². The molecule has 0 fully saturated rings. The second kappa shape index (κ2) is 5.54. The Morgan fingerprint density at radius 3 is 2.20 bits per heavy atom. The summed E-state index contributed by atoms with van der Waals surface area (Å²) in [6, 6.07) is 14.2. The van der Waals surface area contributed by atoms with E-state index in [4.69, 9.17) is 0 Å². The van der Waals surface area contributed by atoms with Crippen LogP contribution in [-0.2, 0) is 5.41 Å². The first kappa shape index (κ1) is 14.4. The highest BCUT2D eigenvalue weighted by atomic mass is 16.3. The van der Waals surface area contributed by atoms with Gasteiger partial charge in [-0.3, -0.25) is 0 Å². The van der Waals surface area contributed by atoms with Crippen molar-refractivity contribution in [3.05, 3.63) is 64.7 Å². The normalized spacial score (nSPS) is 12.0. The van der Waals surface area contributed by atoms with E-state index < -0.39 is 0 Å². The minimum absolute atomic E-state index is 0.0640. The van der Waals surface area contributed by atoms with Crippen LogP contribution in [0.25, 0.3) is 12.2 Å². The second-order valence-corrected chi connectivity index (χ2v) is 6.24. The zero-order valence-electron chi connectivity index (χ0n) is 12.6. The van der Waals surface area contributed by atoms with Crippen molar-refractivity contribution in [2.24, 2.45) is 0 Å². The molecule has 0 spiro atoms. The van der Waals surface area contributed by atoms with Gasteiger partial charge in [0.15, 0.2) is 0 Å². The largest absolute Gasteiger partial charge is 0.507 e. The fraction of sp³-hybridized carbons (Fsp3) is 0.263. The van der Waals surface area contributed by atoms with Crippen molar-refractivity contribution in [3.63, 3.8) is 0 Å². The molecule has 0 unspecified atom stereocenters. The Balaban J connectivity index is 2.43. The van der Waals surface area contributed by atoms with E-state index in [1.807, 2.05) is 48.6 Å². The molecule has 0 atom stereocenters. The molecule has 2 rings (SSSR count). The number of hydrogen-bond donors (Lipinski definition) is 1. The molecule has 0 aliphatic rings. The Kier molecular flexibility index (Phi) is 3.99. The van der Waals surface area contributed by atoms with Gasteiger partial charge < -0.3 is 5.11 Å². The van der Waals surface area contributed by atoms with Crippen molar-refractivity contribution in [1.29, 1.82) is 0 Å². The molecule has 0 bridgehead atoms. The maximum absolute atomic E-state index is 10.5. The number of phenolic OH excluding ortho intramolecular Hbond substituents is 1. The highest BCUT2D eigenvalue weighted by Crippen LogP contribution is 2.35. The first-order chi connectivity index (χ1) is 9.38. The lowest BCUT2D eigenvalue weighted by Crippen LogP contribution is -2.12. The molecular formula is C19H22O. The van der Waals surface area contributed by atoms with Crippen LogP contribution in [0.3, 0.4) is 0 Å². The Hall–Kier alpha value is -2.02. The van der Waals surface area contributed by atoms with Gasteiger partial charge in [-0.1, -0.05) is 69.3 Å². The molecule has 20 heavy (non-hydrogen) atoms. The van der Waals surface area contributed by atoms with Gasteiger partial charge in [-0.05, 0) is 29.5 Å². The van der Waals surface area contributed by atoms with Crippen LogP contribution < -0.4 is 0 Å². The summed E-state index contributed by atoms with van der Waals surface area (Å²) in [7, 11) is 0. The van der Waals surface area contributed by atoms with Crippen molar-refractivity contribution in [3.8, 4) is 5.75 Å². The van der Waals surface area contributed by atoms with Gasteiger partial charge in [-0.15, -0.1) is 0 Å². The fourth-order valence-electron chi connectivity index (χ4n) is 2.26. The first-order valence-corrected chi connectivity index (χ1v) is 6.95. The van der Waals surface area contributed by atoms with E-state index in [0.29, 0.717) is 5.75 Å². The summed E-state index contributed by atoms with van der Waals surface area (Å²) in [6.45, 7) is 8.42. The second-order valence-electron chi connectivity index (χ2n) is 6.24. The molecule has 0 saturated heterocycles. The molecular weight excluding hydrogens is 244 g/mol. The van der Waals surface area contributed by atoms with E-state index >= 15 is 0 Å². The smallest absolute Gasteiger partial charge is 0.126 e. The zero-order valence-corrected chi connectivity index (χ0v) is 12.6. The fourth-order valence-corrected chi connectivity index (χ4v) is 2.26. The highest BCUT2D eigenvalue weighted by Gasteiger charge is 2.19. The molecule has 104 valence electrons. The molecule has 0 aromatic heterocycles. The third-order valence-electron chi connectivity index (χ3n) is 3.35. The van der Waals surface area contributed by atoms with Crippen LogP contribution >= 0.6 is 0 Å². The summed E-state index contributed by atoms with van der Waals surface area (Å²) in [5.41, 5.74) is 4.10. The number of hydrogen-bond acceptors (Lipinski definition) is 1. The number of benzene rings is 2. The molecule has 1 N–H and O–H groups in total. The van der Waals surface area contributed by atoms with Crippen LogP contribution in [-0.4, -0.2) is 5.11 Å². The SMILES string of the molecule is Cc1cc(C=Cc2ccccc2)c(O)c(C(C)(C)C)c1. The summed E-state index contributed by atoms with van der Waals surface area (Å²) in [5, 5.41) is 10.5. The first-order valence-electron chi connectivity index (χ1n) is 6.95. The van der Waals surface area contributed by atoms with Gasteiger partial charge in [0.25, 0.3) is 0 Å². The van der Waals surface area contributed by atoms with Gasteiger partial charge >= 0.3 is 0 Å². The van der Waals surface area contributed by atoms with Crippen molar-refractivity contribution in [1.82, 2.24) is 0 Å². The molecule has 0 radical (unpaired) electrons. The molecule has 0 amide bonds. The van der Waals surface area contributed by atoms with Gasteiger partial charge in [0, 0.05) is 11.1 Å². The van der Waals surface area contributed by atoms with E-state index in [1.54, 1.807) is 0 Å². The van der Waals surface area contributed by atoms with E-state index in [9.17, 15) is 5.11 Å². The van der Waals surface area contributed by atoms with E-state index in [0.717, 1.165) is 16.7 Å². The predicted molar refractivity (Wildman–Crippen MR) is 86.9 cm³/mol. The third-order valence-corrected chi connectivity index (χ3v) is 3.35. The molecule has 0 saturated carbocycles. The molecule has 0 aliphatic heterocycles. The maximum atomic E-state index is 10.5. The number of rotatable bonds is 2. The van der Waals surface area contributed by atoms with Crippen molar-refractivity contribution in [2.45, 2.75) is 33.1 Å². The average molecular weight is 266 g/mol. The van der Waals surface area contributed by atoms with Crippen LogP contribution in [0.1, 0.15) is 43.0 Å². The summed E-state index contributed by atoms with van der Waals surface area (Å²) in [5.74, 6) is 0.385. The number of aryl methyl sites for hydroxylation is 1. The van der Waals surface area contributed by atoms with E-state index in [1.165, 1.54) is 5.56 Å². The quantitative estimate of drug-likeness (QED) is 0.744. The molecule has 0 aliphatic carbocycles. The monoisotopic (exact) mass is 266 g/mol. The lowest BCUT2D eigenvalue weighted by molar-refractivity contribution is 0.445. The van der Waals surface area contributed by atoms with Crippen molar-refractivity contribution in [2.75, 3.05) is 0 Å². The Morgan fingerprint density at radius 2 is 1.60 bits per heavy atom. The zero-order chi connectivity index (χ0) is 14.8. The lowest BCUT2D eigenvalue weighted by Gasteiger charge is -2.22. The Bertz CT molecular complexity index is 616. The van der Waals surface area contributed by atoms with Crippen molar-refractivity contribution >= 4 is 12.2 Å². The molecule has 0 heterocycles. The van der Waals surface area contributed by atoms with Gasteiger partial charge in [0.1, 0.15) is 5.75 Å². The minimum atomic E-state index is -0.0640. The molecule has 1 heteroatoms. The summed E-state index contributed by atoms with van der Waals surface area (Å²) in [4.78, 5) is 0. The average Bonchev–Trinajstić information content (AvgIpc) is 2.39. The predicted octanol–water partition coefficient (Wildman–Crippen LogP) is 5.17. The van der Waals surface area contributed by atoms with Crippen LogP contribution in [0.15, 0.2) is 42.5 Å². The van der Waals surface area contributed by atoms with Crippen LogP contribution in [0.2, 0.25) is 0 Å². The Morgan fingerprint density at radius 1 is 0.950 bits per heavy atom. The van der Waals surface area contributed by atoms with Crippen LogP contribution in [0, 0.1) is 6.92 Å². The van der Waals surface area contributed by atoms with Crippen LogP contribution in [0.4, 0.5) is 0 Å². The topological polar surface area (TPSA) is 20.2 Å². The maximum Gasteiger partial charge on any atom is 0.126 e. The highest BCUT2D eigenvalue weighted by molar-refractivity contribution is 5.74. The standard InChI is InChI=1S/C19H22O/c1-14-12-16(11-10-15-8-6-5-7-9-15)18(20)17(13-14)19(2,3)4/h5-13,20H,1-4H3. The van der Waals surface area contributed by atoms with E-state index in [-0.39, 0.29) is 5.41 Å². The Labute approximate surface area is 121 Å². The van der Waals surface area contributed by atoms with E-state index in [2.05, 4.69) is 33.8 Å². The molecule has 2 aromatic rings. The third kappa shape index (κ3) is 3.30. The lowest BCUT2D eigenvalue weighted by atomic mass is 9.84. The van der Waals surface area contributed by atoms with Gasteiger partial charge in [-0.2, -0.15) is 0 Å². The number of phenols is 1. The summed E-state index contributed by atoms with van der Waals surface area (Å²) >= 11 is 0. The van der Waals surface area contributed by atoms with Crippen molar-refractivity contribution < 1.29 is 5.11 Å². The van der Waals surface area contributed by atoms with Gasteiger partial charge in [0.05, 0.1) is 0 Å². The summed E-state index contributed by atoms with van der Waals surface area (Å²) < 4.78 is 0.